The van der Waals surface area contributed by atoms with E-state index in [0.29, 0.717) is 5.41 Å². The van der Waals surface area contributed by atoms with E-state index >= 15 is 0 Å². The molecule has 0 radical (unpaired) electrons. The first-order valence-electron chi connectivity index (χ1n) is 10.1. The van der Waals surface area contributed by atoms with E-state index in [-0.39, 0.29) is 0 Å². The Balaban J connectivity index is 3.78. The van der Waals surface area contributed by atoms with Crippen molar-refractivity contribution in [2.24, 2.45) is 11.3 Å². The van der Waals surface area contributed by atoms with Crippen LogP contribution < -0.4 is 0 Å². The summed E-state index contributed by atoms with van der Waals surface area (Å²) in [6.07, 6.45) is 13.6. The van der Waals surface area contributed by atoms with Crippen molar-refractivity contribution in [2.75, 3.05) is 0 Å². The van der Waals surface area contributed by atoms with E-state index in [4.69, 9.17) is 4.43 Å². The van der Waals surface area contributed by atoms with Crippen LogP contribution in [0.25, 0.3) is 0 Å². The summed E-state index contributed by atoms with van der Waals surface area (Å²) in [5.74, 6) is 0.861. The van der Waals surface area contributed by atoms with Crippen LogP contribution >= 0.6 is 0 Å². The van der Waals surface area contributed by atoms with Gasteiger partial charge in [0.2, 0.25) is 0 Å². The zero-order valence-corrected chi connectivity index (χ0v) is 18.0. The Morgan fingerprint density at radius 1 is 0.826 bits per heavy atom. The first-order valence-corrected chi connectivity index (χ1v) is 12.9. The standard InChI is InChI=1S/C20H44O2Si/c1-7-8-9-12-15-18(20(2,3)4)16-13-10-11-14-17-19(21)22-23(5)6/h18-19,21,23H,7-17H2,1-6H3. The maximum Gasteiger partial charge on any atom is 0.174 e. The fourth-order valence-electron chi connectivity index (χ4n) is 3.27. The molecule has 0 amide bonds. The second-order valence-electron chi connectivity index (χ2n) is 8.54. The summed E-state index contributed by atoms with van der Waals surface area (Å²) in [7, 11) is -1.09. The third kappa shape index (κ3) is 14.2. The molecule has 0 saturated heterocycles. The minimum atomic E-state index is -1.09. The molecule has 2 atom stereocenters. The summed E-state index contributed by atoms with van der Waals surface area (Å²) in [5, 5.41) is 9.72. The molecule has 0 aromatic carbocycles. The summed E-state index contributed by atoms with van der Waals surface area (Å²) >= 11 is 0. The maximum absolute atomic E-state index is 9.72. The van der Waals surface area contributed by atoms with Crippen LogP contribution in [0.3, 0.4) is 0 Å². The lowest BCUT2D eigenvalue weighted by Crippen LogP contribution is -2.20. The number of aliphatic hydroxyl groups excluding tert-OH is 1. The van der Waals surface area contributed by atoms with E-state index in [1.165, 1.54) is 57.8 Å². The van der Waals surface area contributed by atoms with Crippen LogP contribution in [0.5, 0.6) is 0 Å². The average Bonchev–Trinajstić information content (AvgIpc) is 2.42. The van der Waals surface area contributed by atoms with Crippen molar-refractivity contribution in [1.29, 1.82) is 0 Å². The zero-order chi connectivity index (χ0) is 17.7. The van der Waals surface area contributed by atoms with Gasteiger partial charge in [0.15, 0.2) is 9.04 Å². The summed E-state index contributed by atoms with van der Waals surface area (Å²) in [4.78, 5) is 0. The van der Waals surface area contributed by atoms with Crippen LogP contribution in [0.4, 0.5) is 0 Å². The highest BCUT2D eigenvalue weighted by molar-refractivity contribution is 6.48. The van der Waals surface area contributed by atoms with Crippen LogP contribution in [-0.2, 0) is 4.43 Å². The van der Waals surface area contributed by atoms with E-state index < -0.39 is 15.3 Å². The van der Waals surface area contributed by atoms with Crippen molar-refractivity contribution in [2.45, 2.75) is 118 Å². The molecule has 0 spiro atoms. The molecule has 2 unspecified atom stereocenters. The first-order chi connectivity index (χ1) is 10.8. The van der Waals surface area contributed by atoms with Gasteiger partial charge in [0, 0.05) is 0 Å². The Kier molecular flexibility index (Phi) is 13.5. The highest BCUT2D eigenvalue weighted by Gasteiger charge is 2.23. The Morgan fingerprint density at radius 2 is 1.30 bits per heavy atom. The smallest absolute Gasteiger partial charge is 0.174 e. The normalized spacial score (nSPS) is 15.1. The fraction of sp³-hybridized carbons (Fsp3) is 1.00. The van der Waals surface area contributed by atoms with Crippen LogP contribution in [-0.4, -0.2) is 20.4 Å². The van der Waals surface area contributed by atoms with Crippen molar-refractivity contribution in [3.63, 3.8) is 0 Å². The van der Waals surface area contributed by atoms with Gasteiger partial charge < -0.3 is 9.53 Å². The molecule has 0 aliphatic carbocycles. The first kappa shape index (κ1) is 23.1. The minimum absolute atomic E-state index is 0.443. The Hall–Kier alpha value is 0.137. The number of rotatable bonds is 14. The molecular formula is C20H44O2Si. The van der Waals surface area contributed by atoms with Crippen LogP contribution in [0.2, 0.25) is 13.1 Å². The van der Waals surface area contributed by atoms with Gasteiger partial charge in [-0.3, -0.25) is 0 Å². The molecule has 0 heterocycles. The number of aliphatic hydroxyl groups is 1. The lowest BCUT2D eigenvalue weighted by atomic mass is 9.75. The van der Waals surface area contributed by atoms with Gasteiger partial charge >= 0.3 is 0 Å². The molecule has 0 aliphatic heterocycles. The van der Waals surface area contributed by atoms with E-state index in [1.807, 2.05) is 0 Å². The van der Waals surface area contributed by atoms with E-state index in [1.54, 1.807) is 0 Å². The molecule has 0 bridgehead atoms. The van der Waals surface area contributed by atoms with Gasteiger partial charge in [0.25, 0.3) is 0 Å². The molecule has 1 N–H and O–H groups in total. The topological polar surface area (TPSA) is 29.5 Å². The van der Waals surface area contributed by atoms with Crippen molar-refractivity contribution < 1.29 is 9.53 Å². The molecule has 0 aromatic rings. The van der Waals surface area contributed by atoms with Gasteiger partial charge in [0.05, 0.1) is 0 Å². The van der Waals surface area contributed by atoms with E-state index in [2.05, 4.69) is 40.8 Å². The Bertz CT molecular complexity index is 261. The van der Waals surface area contributed by atoms with Crippen LogP contribution in [0, 0.1) is 11.3 Å². The average molecular weight is 345 g/mol. The molecular weight excluding hydrogens is 300 g/mol. The number of hydrogen-bond acceptors (Lipinski definition) is 2. The van der Waals surface area contributed by atoms with E-state index in [9.17, 15) is 5.11 Å². The van der Waals surface area contributed by atoms with Crippen molar-refractivity contribution in [3.8, 4) is 0 Å². The van der Waals surface area contributed by atoms with Crippen molar-refractivity contribution in [1.82, 2.24) is 0 Å². The molecule has 0 aliphatic rings. The summed E-state index contributed by atoms with van der Waals surface area (Å²) < 4.78 is 5.50. The van der Waals surface area contributed by atoms with Crippen molar-refractivity contribution in [3.05, 3.63) is 0 Å². The third-order valence-electron chi connectivity index (χ3n) is 4.81. The summed E-state index contributed by atoms with van der Waals surface area (Å²) in [6.45, 7) is 13.7. The molecule has 0 rings (SSSR count). The third-order valence-corrected chi connectivity index (χ3v) is 5.67. The lowest BCUT2D eigenvalue weighted by molar-refractivity contribution is -0.0263. The minimum Gasteiger partial charge on any atom is -0.396 e. The highest BCUT2D eigenvalue weighted by atomic mass is 28.3. The van der Waals surface area contributed by atoms with Gasteiger partial charge in [0.1, 0.15) is 6.29 Å². The predicted octanol–water partition coefficient (Wildman–Crippen LogP) is 6.28. The molecule has 0 saturated carbocycles. The Morgan fingerprint density at radius 3 is 1.74 bits per heavy atom. The molecule has 3 heteroatoms. The molecule has 0 fully saturated rings. The molecule has 23 heavy (non-hydrogen) atoms. The molecule has 2 nitrogen and oxygen atoms in total. The fourth-order valence-corrected chi connectivity index (χ4v) is 4.04. The van der Waals surface area contributed by atoms with Gasteiger partial charge in [-0.25, -0.2) is 0 Å². The number of unbranched alkanes of at least 4 members (excludes halogenated alkanes) is 6. The SMILES string of the molecule is CCCCCCC(CCCCCCC(O)O[SiH](C)C)C(C)(C)C. The lowest BCUT2D eigenvalue weighted by Gasteiger charge is -2.31. The van der Waals surface area contributed by atoms with Gasteiger partial charge in [-0.05, 0) is 50.1 Å². The Labute approximate surface area is 148 Å². The quantitative estimate of drug-likeness (QED) is 0.228. The summed E-state index contributed by atoms with van der Waals surface area (Å²) in [5.41, 5.74) is 0.443. The number of hydrogen-bond donors (Lipinski definition) is 1. The van der Waals surface area contributed by atoms with E-state index in [0.717, 1.165) is 18.8 Å². The monoisotopic (exact) mass is 344 g/mol. The van der Waals surface area contributed by atoms with Gasteiger partial charge in [-0.1, -0.05) is 72.6 Å². The van der Waals surface area contributed by atoms with Gasteiger partial charge in [-0.15, -0.1) is 0 Å². The van der Waals surface area contributed by atoms with Crippen LogP contribution in [0.15, 0.2) is 0 Å². The highest BCUT2D eigenvalue weighted by Crippen LogP contribution is 2.34. The van der Waals surface area contributed by atoms with Crippen LogP contribution in [0.1, 0.15) is 98.3 Å². The largest absolute Gasteiger partial charge is 0.396 e. The summed E-state index contributed by atoms with van der Waals surface area (Å²) in [6, 6.07) is 0. The second-order valence-corrected chi connectivity index (χ2v) is 10.9. The van der Waals surface area contributed by atoms with Crippen molar-refractivity contribution >= 4 is 9.04 Å². The maximum atomic E-state index is 9.72. The predicted molar refractivity (Wildman–Crippen MR) is 105 cm³/mol. The zero-order valence-electron chi connectivity index (χ0n) is 16.9. The second kappa shape index (κ2) is 13.4. The molecule has 140 valence electrons. The molecule has 0 aromatic heterocycles. The van der Waals surface area contributed by atoms with Gasteiger partial charge in [-0.2, -0.15) is 0 Å².